The van der Waals surface area contributed by atoms with Crippen molar-refractivity contribution >= 4 is 25.5 Å². The van der Waals surface area contributed by atoms with Gasteiger partial charge in [-0.25, -0.2) is 26.2 Å². The predicted octanol–water partition coefficient (Wildman–Crippen LogP) is 1.73. The van der Waals surface area contributed by atoms with E-state index in [4.69, 9.17) is 0 Å². The molecule has 0 aliphatic rings. The lowest BCUT2D eigenvalue weighted by molar-refractivity contribution is 0.597. The fourth-order valence-electron chi connectivity index (χ4n) is 1.66. The van der Waals surface area contributed by atoms with Crippen molar-refractivity contribution in [1.29, 1.82) is 0 Å². The molecule has 2 rings (SSSR count). The van der Waals surface area contributed by atoms with Gasteiger partial charge in [-0.3, -0.25) is 4.72 Å². The van der Waals surface area contributed by atoms with Crippen molar-refractivity contribution in [2.75, 3.05) is 11.0 Å². The molecule has 9 heteroatoms. The number of sulfone groups is 1. The number of nitrogens with zero attached hydrogens (tertiary/aromatic N) is 1. The molecule has 2 aromatic rings. The van der Waals surface area contributed by atoms with Crippen LogP contribution >= 0.6 is 0 Å². The molecule has 0 amide bonds. The van der Waals surface area contributed by atoms with Gasteiger partial charge in [-0.2, -0.15) is 0 Å². The van der Waals surface area contributed by atoms with Gasteiger partial charge in [0.25, 0.3) is 10.0 Å². The maximum atomic E-state index is 13.2. The van der Waals surface area contributed by atoms with Gasteiger partial charge in [0.15, 0.2) is 14.9 Å². The van der Waals surface area contributed by atoms with E-state index in [0.717, 1.165) is 24.6 Å². The van der Waals surface area contributed by atoms with E-state index in [9.17, 15) is 21.2 Å². The first-order valence-corrected chi connectivity index (χ1v) is 9.42. The number of hydrogen-bond donors (Lipinski definition) is 1. The van der Waals surface area contributed by atoms with E-state index in [1.54, 1.807) is 0 Å². The fourth-order valence-corrected chi connectivity index (χ4v) is 3.35. The van der Waals surface area contributed by atoms with Crippen LogP contribution in [0.2, 0.25) is 0 Å². The molecule has 6 nitrogen and oxygen atoms in total. The molecule has 0 saturated carbocycles. The van der Waals surface area contributed by atoms with Crippen LogP contribution in [0.3, 0.4) is 0 Å². The summed E-state index contributed by atoms with van der Waals surface area (Å²) in [6.45, 7) is 1.46. The largest absolute Gasteiger partial charge is 0.278 e. The lowest BCUT2D eigenvalue weighted by atomic mass is 10.2. The van der Waals surface area contributed by atoms with E-state index in [1.165, 1.54) is 25.1 Å². The number of hydrogen-bond acceptors (Lipinski definition) is 5. The maximum absolute atomic E-state index is 13.2. The van der Waals surface area contributed by atoms with Crippen LogP contribution in [0.1, 0.15) is 5.56 Å². The Kier molecular flexibility index (Phi) is 4.21. The van der Waals surface area contributed by atoms with E-state index < -0.39 is 25.7 Å². The smallest absolute Gasteiger partial charge is 0.261 e. The summed E-state index contributed by atoms with van der Waals surface area (Å²) in [5, 5.41) is -0.159. The van der Waals surface area contributed by atoms with E-state index in [-0.39, 0.29) is 21.2 Å². The van der Waals surface area contributed by atoms with E-state index >= 15 is 0 Å². The fraction of sp³-hybridized carbons (Fsp3) is 0.154. The standard InChI is InChI=1S/C13H13FN2O4S2/c1-9-7-11(4-5-12(9)14)22(19,20)16-10-3-6-13(15-8-10)21(2,17)18/h3-8,16H,1-2H3. The topological polar surface area (TPSA) is 93.2 Å². The molecule has 0 saturated heterocycles. The summed E-state index contributed by atoms with van der Waals surface area (Å²) in [6.07, 6.45) is 2.10. The summed E-state index contributed by atoms with van der Waals surface area (Å²) in [5.41, 5.74) is 0.308. The molecule has 0 unspecified atom stereocenters. The average Bonchev–Trinajstić information content (AvgIpc) is 2.41. The van der Waals surface area contributed by atoms with Crippen LogP contribution in [0, 0.1) is 12.7 Å². The summed E-state index contributed by atoms with van der Waals surface area (Å²) in [6, 6.07) is 5.90. The van der Waals surface area contributed by atoms with Crippen LogP contribution in [0.25, 0.3) is 0 Å². The molecular formula is C13H13FN2O4S2. The Balaban J connectivity index is 2.30. The molecular weight excluding hydrogens is 331 g/mol. The minimum atomic E-state index is -3.91. The van der Waals surface area contributed by atoms with Crippen molar-refractivity contribution in [3.63, 3.8) is 0 Å². The molecule has 0 fully saturated rings. The highest BCUT2D eigenvalue weighted by molar-refractivity contribution is 7.92. The van der Waals surface area contributed by atoms with Crippen molar-refractivity contribution in [2.24, 2.45) is 0 Å². The normalized spacial score (nSPS) is 12.1. The Morgan fingerprint density at radius 3 is 2.27 bits per heavy atom. The maximum Gasteiger partial charge on any atom is 0.261 e. The zero-order chi connectivity index (χ0) is 16.5. The first-order chi connectivity index (χ1) is 10.1. The minimum Gasteiger partial charge on any atom is -0.278 e. The van der Waals surface area contributed by atoms with Crippen molar-refractivity contribution < 1.29 is 21.2 Å². The SMILES string of the molecule is Cc1cc(S(=O)(=O)Nc2ccc(S(C)(=O)=O)nc2)ccc1F. The highest BCUT2D eigenvalue weighted by atomic mass is 32.2. The van der Waals surface area contributed by atoms with Gasteiger partial charge in [-0.05, 0) is 42.8 Å². The van der Waals surface area contributed by atoms with Gasteiger partial charge >= 0.3 is 0 Å². The monoisotopic (exact) mass is 344 g/mol. The third-order valence-electron chi connectivity index (χ3n) is 2.81. The predicted molar refractivity (Wildman–Crippen MR) is 79.3 cm³/mol. The van der Waals surface area contributed by atoms with Crippen LogP contribution in [-0.2, 0) is 19.9 Å². The second kappa shape index (κ2) is 5.65. The van der Waals surface area contributed by atoms with E-state index in [1.807, 2.05) is 0 Å². The Hall–Kier alpha value is -2.00. The van der Waals surface area contributed by atoms with Crippen LogP contribution in [-0.4, -0.2) is 28.1 Å². The lowest BCUT2D eigenvalue weighted by Gasteiger charge is -2.09. The van der Waals surface area contributed by atoms with E-state index in [2.05, 4.69) is 9.71 Å². The zero-order valence-corrected chi connectivity index (χ0v) is 13.4. The number of rotatable bonds is 4. The van der Waals surface area contributed by atoms with Gasteiger partial charge in [0, 0.05) is 6.26 Å². The highest BCUT2D eigenvalue weighted by Gasteiger charge is 2.16. The van der Waals surface area contributed by atoms with Crippen molar-refractivity contribution in [1.82, 2.24) is 4.98 Å². The Labute approximate surface area is 128 Å². The van der Waals surface area contributed by atoms with Crippen LogP contribution in [0.15, 0.2) is 46.5 Å². The third kappa shape index (κ3) is 3.60. The van der Waals surface area contributed by atoms with Gasteiger partial charge in [0.05, 0.1) is 16.8 Å². The number of pyridine rings is 1. The molecule has 0 spiro atoms. The summed E-state index contributed by atoms with van der Waals surface area (Å²) in [7, 11) is -7.36. The second-order valence-electron chi connectivity index (χ2n) is 4.67. The molecule has 118 valence electrons. The molecule has 1 N–H and O–H groups in total. The number of anilines is 1. The van der Waals surface area contributed by atoms with Crippen molar-refractivity contribution in [2.45, 2.75) is 16.8 Å². The highest BCUT2D eigenvalue weighted by Crippen LogP contribution is 2.18. The van der Waals surface area contributed by atoms with Gasteiger partial charge in [0.1, 0.15) is 5.82 Å². The summed E-state index contributed by atoms with van der Waals surface area (Å²) in [4.78, 5) is 3.59. The third-order valence-corrected chi connectivity index (χ3v) is 5.19. The van der Waals surface area contributed by atoms with Crippen molar-refractivity contribution in [3.8, 4) is 0 Å². The number of aromatic nitrogens is 1. The quantitative estimate of drug-likeness (QED) is 0.912. The molecule has 0 atom stereocenters. The molecule has 0 bridgehead atoms. The Morgan fingerprint density at radius 2 is 1.77 bits per heavy atom. The first-order valence-electron chi connectivity index (χ1n) is 6.05. The Morgan fingerprint density at radius 1 is 1.09 bits per heavy atom. The zero-order valence-electron chi connectivity index (χ0n) is 11.7. The lowest BCUT2D eigenvalue weighted by Crippen LogP contribution is -2.13. The Bertz CT molecular complexity index is 908. The summed E-state index contributed by atoms with van der Waals surface area (Å²) < 4.78 is 62.3. The van der Waals surface area contributed by atoms with Gasteiger partial charge in [0.2, 0.25) is 0 Å². The average molecular weight is 344 g/mol. The van der Waals surface area contributed by atoms with Crippen molar-refractivity contribution in [3.05, 3.63) is 47.9 Å². The van der Waals surface area contributed by atoms with Gasteiger partial charge < -0.3 is 0 Å². The molecule has 0 aliphatic carbocycles. The molecule has 1 heterocycles. The second-order valence-corrected chi connectivity index (χ2v) is 8.32. The van der Waals surface area contributed by atoms with Gasteiger partial charge in [-0.1, -0.05) is 0 Å². The number of sulfonamides is 1. The van der Waals surface area contributed by atoms with E-state index in [0.29, 0.717) is 0 Å². The molecule has 0 radical (unpaired) electrons. The number of benzene rings is 1. The summed E-state index contributed by atoms with van der Waals surface area (Å²) >= 11 is 0. The minimum absolute atomic E-state index is 0.0985. The number of halogens is 1. The molecule has 0 aliphatic heterocycles. The van der Waals surface area contributed by atoms with Gasteiger partial charge in [-0.15, -0.1) is 0 Å². The van der Waals surface area contributed by atoms with Crippen LogP contribution in [0.4, 0.5) is 10.1 Å². The number of aryl methyl sites for hydroxylation is 1. The molecule has 1 aromatic heterocycles. The van der Waals surface area contributed by atoms with Crippen LogP contribution in [0.5, 0.6) is 0 Å². The summed E-state index contributed by atoms with van der Waals surface area (Å²) in [5.74, 6) is -0.502. The van der Waals surface area contributed by atoms with Crippen LogP contribution < -0.4 is 4.72 Å². The number of nitrogens with one attached hydrogen (secondary N) is 1. The molecule has 22 heavy (non-hydrogen) atoms. The first kappa shape index (κ1) is 16.4. The molecule has 1 aromatic carbocycles.